The Morgan fingerprint density at radius 1 is 1.03 bits per heavy atom. The average Bonchev–Trinajstić information content (AvgIpc) is 3.30. The van der Waals surface area contributed by atoms with Crippen LogP contribution in [0.5, 0.6) is 0 Å². The smallest absolute Gasteiger partial charge is 0.252 e. The molecule has 2 aromatic heterocycles. The number of thiophene rings is 1. The van der Waals surface area contributed by atoms with Crippen LogP contribution in [0.2, 0.25) is 0 Å². The van der Waals surface area contributed by atoms with Gasteiger partial charge in [0, 0.05) is 29.1 Å². The van der Waals surface area contributed by atoms with Crippen LogP contribution in [0.4, 0.5) is 0 Å². The lowest BCUT2D eigenvalue weighted by molar-refractivity contribution is 0.101. The molecule has 0 aliphatic carbocycles. The number of carbonyl (C=O) groups excluding carboxylic acids is 1. The summed E-state index contributed by atoms with van der Waals surface area (Å²) in [4.78, 5) is 28.4. The first-order chi connectivity index (χ1) is 15.7. The first-order valence-corrected chi connectivity index (χ1v) is 12.7. The SMILES string of the molecule is CC(=O)c1ccc(S(=O)(=O)N(Cc2cccs2)Cc2cc3ccc(C)c(C)c3[nH]c2=O)cc1. The molecule has 1 N–H and O–H groups in total. The number of benzene rings is 2. The zero-order chi connectivity index (χ0) is 23.8. The van der Waals surface area contributed by atoms with E-state index in [4.69, 9.17) is 0 Å². The number of aromatic amines is 1. The van der Waals surface area contributed by atoms with Crippen molar-refractivity contribution in [2.45, 2.75) is 38.8 Å². The van der Waals surface area contributed by atoms with Gasteiger partial charge in [0.2, 0.25) is 10.0 Å². The van der Waals surface area contributed by atoms with Gasteiger partial charge >= 0.3 is 0 Å². The van der Waals surface area contributed by atoms with E-state index >= 15 is 0 Å². The van der Waals surface area contributed by atoms with Gasteiger partial charge in [0.15, 0.2) is 5.78 Å². The predicted molar refractivity (Wildman–Crippen MR) is 131 cm³/mol. The first-order valence-electron chi connectivity index (χ1n) is 10.4. The van der Waals surface area contributed by atoms with Gasteiger partial charge in [-0.2, -0.15) is 4.31 Å². The zero-order valence-corrected chi connectivity index (χ0v) is 20.2. The van der Waals surface area contributed by atoms with E-state index < -0.39 is 10.0 Å². The molecular formula is C25H24N2O4S2. The number of H-pyrrole nitrogens is 1. The van der Waals surface area contributed by atoms with E-state index in [2.05, 4.69) is 4.98 Å². The highest BCUT2D eigenvalue weighted by Gasteiger charge is 2.26. The molecule has 0 aliphatic rings. The monoisotopic (exact) mass is 480 g/mol. The fourth-order valence-electron chi connectivity index (χ4n) is 3.69. The van der Waals surface area contributed by atoms with Crippen LogP contribution in [0, 0.1) is 13.8 Å². The number of aryl methyl sites for hydroxylation is 2. The molecular weight excluding hydrogens is 456 g/mol. The third-order valence-corrected chi connectivity index (χ3v) is 8.45. The van der Waals surface area contributed by atoms with Crippen LogP contribution in [0.3, 0.4) is 0 Å². The number of ketones is 1. The van der Waals surface area contributed by atoms with Gasteiger partial charge in [0.1, 0.15) is 0 Å². The van der Waals surface area contributed by atoms with Crippen LogP contribution in [-0.4, -0.2) is 23.5 Å². The summed E-state index contributed by atoms with van der Waals surface area (Å²) < 4.78 is 28.4. The van der Waals surface area contributed by atoms with Crippen LogP contribution in [0.25, 0.3) is 10.9 Å². The molecule has 0 amide bonds. The van der Waals surface area contributed by atoms with Crippen LogP contribution >= 0.6 is 11.3 Å². The van der Waals surface area contributed by atoms with E-state index in [1.807, 2.05) is 43.5 Å². The number of sulfonamides is 1. The fourth-order valence-corrected chi connectivity index (χ4v) is 5.89. The van der Waals surface area contributed by atoms with Crippen LogP contribution in [0.1, 0.15) is 38.8 Å². The summed E-state index contributed by atoms with van der Waals surface area (Å²) in [5, 5.41) is 2.74. The largest absolute Gasteiger partial charge is 0.321 e. The highest BCUT2D eigenvalue weighted by Crippen LogP contribution is 2.24. The van der Waals surface area contributed by atoms with Crippen LogP contribution in [0.15, 0.2) is 69.7 Å². The van der Waals surface area contributed by atoms with E-state index in [-0.39, 0.29) is 29.3 Å². The quantitative estimate of drug-likeness (QED) is 0.385. The van der Waals surface area contributed by atoms with E-state index in [1.165, 1.54) is 46.8 Å². The minimum absolute atomic E-state index is 0.0765. The molecule has 0 fully saturated rings. The number of pyridine rings is 1. The molecule has 2 heterocycles. The number of nitrogens with one attached hydrogen (secondary N) is 1. The van der Waals surface area contributed by atoms with Gasteiger partial charge in [-0.3, -0.25) is 9.59 Å². The van der Waals surface area contributed by atoms with Crippen molar-refractivity contribution >= 4 is 38.0 Å². The van der Waals surface area contributed by atoms with E-state index in [9.17, 15) is 18.0 Å². The Kier molecular flexibility index (Phi) is 6.34. The van der Waals surface area contributed by atoms with Gasteiger partial charge in [-0.15, -0.1) is 11.3 Å². The van der Waals surface area contributed by atoms with Crippen molar-refractivity contribution in [2.24, 2.45) is 0 Å². The van der Waals surface area contributed by atoms with Gasteiger partial charge < -0.3 is 4.98 Å². The van der Waals surface area contributed by atoms with Crippen molar-refractivity contribution in [3.8, 4) is 0 Å². The summed E-state index contributed by atoms with van der Waals surface area (Å²) in [6.07, 6.45) is 0. The molecule has 0 bridgehead atoms. The second kappa shape index (κ2) is 9.05. The van der Waals surface area contributed by atoms with Crippen molar-refractivity contribution in [1.29, 1.82) is 0 Å². The highest BCUT2D eigenvalue weighted by molar-refractivity contribution is 7.89. The fraction of sp³-hybridized carbons (Fsp3) is 0.200. The molecule has 0 radical (unpaired) electrons. The topological polar surface area (TPSA) is 87.3 Å². The van der Waals surface area contributed by atoms with Crippen molar-refractivity contribution in [3.63, 3.8) is 0 Å². The highest BCUT2D eigenvalue weighted by atomic mass is 32.2. The molecule has 6 nitrogen and oxygen atoms in total. The molecule has 8 heteroatoms. The number of carbonyl (C=O) groups is 1. The van der Waals surface area contributed by atoms with E-state index in [1.54, 1.807) is 6.07 Å². The molecule has 0 saturated carbocycles. The molecule has 2 aromatic carbocycles. The Bertz CT molecular complexity index is 1490. The Hall–Kier alpha value is -3.07. The molecule has 170 valence electrons. The van der Waals surface area contributed by atoms with Crippen molar-refractivity contribution in [2.75, 3.05) is 0 Å². The summed E-state index contributed by atoms with van der Waals surface area (Å²) in [6, 6.07) is 15.3. The summed E-state index contributed by atoms with van der Waals surface area (Å²) >= 11 is 1.45. The molecule has 0 spiro atoms. The van der Waals surface area contributed by atoms with Gasteiger partial charge in [-0.05, 0) is 66.9 Å². The molecule has 4 rings (SSSR count). The number of Topliss-reactive ketones (excluding diaryl/α,β-unsaturated/α-hetero) is 1. The minimum atomic E-state index is -3.93. The molecule has 0 atom stereocenters. The third kappa shape index (κ3) is 4.68. The Labute approximate surface area is 196 Å². The number of aromatic nitrogens is 1. The second-order valence-corrected chi connectivity index (χ2v) is 11.0. The number of hydrogen-bond acceptors (Lipinski definition) is 5. The lowest BCUT2D eigenvalue weighted by Gasteiger charge is -2.22. The van der Waals surface area contributed by atoms with Gasteiger partial charge in [-0.1, -0.05) is 30.3 Å². The summed E-state index contributed by atoms with van der Waals surface area (Å²) in [5.41, 5.74) is 3.32. The number of fused-ring (bicyclic) bond motifs is 1. The Morgan fingerprint density at radius 3 is 2.39 bits per heavy atom. The van der Waals surface area contributed by atoms with Gasteiger partial charge in [0.25, 0.3) is 5.56 Å². The second-order valence-electron chi connectivity index (χ2n) is 8.03. The number of rotatable bonds is 7. The lowest BCUT2D eigenvalue weighted by atomic mass is 10.0. The average molecular weight is 481 g/mol. The number of nitrogens with zero attached hydrogens (tertiary/aromatic N) is 1. The van der Waals surface area contributed by atoms with Gasteiger partial charge in [0.05, 0.1) is 10.4 Å². The standard InChI is InChI=1S/C25H24N2O4S2/c1-16-6-7-20-13-21(25(29)26-24(20)17(16)2)14-27(15-22-5-4-12-32-22)33(30,31)23-10-8-19(9-11-23)18(3)28/h4-13H,14-15H2,1-3H3,(H,26,29). The Balaban J connectivity index is 1.76. The molecule has 0 saturated heterocycles. The lowest BCUT2D eigenvalue weighted by Crippen LogP contribution is -2.32. The van der Waals surface area contributed by atoms with Crippen LogP contribution < -0.4 is 5.56 Å². The summed E-state index contributed by atoms with van der Waals surface area (Å²) in [6.45, 7) is 5.42. The molecule has 33 heavy (non-hydrogen) atoms. The minimum Gasteiger partial charge on any atom is -0.321 e. The first kappa shape index (κ1) is 23.1. The summed E-state index contributed by atoms with van der Waals surface area (Å²) in [7, 11) is -3.93. The number of hydrogen-bond donors (Lipinski definition) is 1. The molecule has 0 unspecified atom stereocenters. The zero-order valence-electron chi connectivity index (χ0n) is 18.6. The maximum absolute atomic E-state index is 13.6. The third-order valence-electron chi connectivity index (χ3n) is 5.79. The maximum Gasteiger partial charge on any atom is 0.252 e. The van der Waals surface area contributed by atoms with E-state index in [0.717, 1.165) is 26.9 Å². The van der Waals surface area contributed by atoms with Gasteiger partial charge in [-0.25, -0.2) is 8.42 Å². The van der Waals surface area contributed by atoms with Crippen molar-refractivity contribution in [1.82, 2.24) is 9.29 Å². The van der Waals surface area contributed by atoms with Crippen molar-refractivity contribution in [3.05, 3.63) is 97.5 Å². The van der Waals surface area contributed by atoms with Crippen LogP contribution in [-0.2, 0) is 23.1 Å². The normalized spacial score (nSPS) is 11.9. The predicted octanol–water partition coefficient (Wildman–Crippen LogP) is 4.80. The molecule has 4 aromatic rings. The summed E-state index contributed by atoms with van der Waals surface area (Å²) in [5.74, 6) is -0.136. The van der Waals surface area contributed by atoms with E-state index in [0.29, 0.717) is 11.1 Å². The van der Waals surface area contributed by atoms with Crippen molar-refractivity contribution < 1.29 is 13.2 Å². The molecule has 0 aliphatic heterocycles. The maximum atomic E-state index is 13.6. The Morgan fingerprint density at radius 2 is 1.76 bits per heavy atom.